The van der Waals surface area contributed by atoms with E-state index in [1.165, 1.54) is 64.3 Å². The molecule has 5 aliphatic rings. The van der Waals surface area contributed by atoms with E-state index in [-0.39, 0.29) is 0 Å². The highest BCUT2D eigenvalue weighted by Gasteiger charge is 2.67. The average molecular weight is 412 g/mol. The van der Waals surface area contributed by atoms with Gasteiger partial charge in [-0.1, -0.05) is 39.3 Å². The molecule has 1 aliphatic heterocycles. The van der Waals surface area contributed by atoms with E-state index >= 15 is 0 Å². The summed E-state index contributed by atoms with van der Waals surface area (Å²) >= 11 is 0. The monoisotopic (exact) mass is 411 g/mol. The van der Waals surface area contributed by atoms with Crippen molar-refractivity contribution in [2.75, 3.05) is 6.54 Å². The lowest BCUT2D eigenvalue weighted by Gasteiger charge is -2.71. The Kier molecular flexibility index (Phi) is 4.92. The normalized spacial score (nSPS) is 55.2. The third-order valence-corrected chi connectivity index (χ3v) is 12.6. The van der Waals surface area contributed by atoms with Gasteiger partial charge in [-0.25, -0.2) is 0 Å². The summed E-state index contributed by atoms with van der Waals surface area (Å²) in [6.07, 6.45) is 15.7. The van der Waals surface area contributed by atoms with Crippen molar-refractivity contribution in [3.8, 4) is 0 Å². The molecule has 4 aliphatic carbocycles. The first kappa shape index (κ1) is 21.5. The molecule has 1 nitrogen and oxygen atoms in total. The average Bonchev–Trinajstić information content (AvgIpc) is 2.80. The van der Waals surface area contributed by atoms with Gasteiger partial charge in [-0.3, -0.25) is 0 Å². The van der Waals surface area contributed by atoms with Gasteiger partial charge < -0.3 is 5.32 Å². The van der Waals surface area contributed by atoms with E-state index in [9.17, 15) is 0 Å². The molecule has 5 rings (SSSR count). The highest BCUT2D eigenvalue weighted by atomic mass is 15.0. The van der Waals surface area contributed by atoms with Crippen LogP contribution < -0.4 is 5.32 Å². The standard InChI is InChI=1S/C29H49N/c1-19-9-10-21-13-16-28(6)22(25(21)20(19)2)11-12-24-27(5)15-8-18-30-26(3,4)23(27)14-17-29(24,28)7/h9,20-25,30H,8,10-18H2,1-7H3/t20-,21-,22-,23+,24-,25+,27+,28-,29-/m1/s1. The van der Waals surface area contributed by atoms with Crippen molar-refractivity contribution >= 4 is 0 Å². The molecule has 0 unspecified atom stereocenters. The molecule has 3 saturated carbocycles. The van der Waals surface area contributed by atoms with Gasteiger partial charge >= 0.3 is 0 Å². The molecule has 0 amide bonds. The van der Waals surface area contributed by atoms with Crippen LogP contribution in [0.25, 0.3) is 0 Å². The van der Waals surface area contributed by atoms with Crippen LogP contribution in [-0.4, -0.2) is 12.1 Å². The largest absolute Gasteiger partial charge is 0.311 e. The fourth-order valence-electron chi connectivity index (χ4n) is 10.8. The van der Waals surface area contributed by atoms with Gasteiger partial charge in [0.25, 0.3) is 0 Å². The highest BCUT2D eigenvalue weighted by molar-refractivity contribution is 5.20. The molecule has 1 heteroatoms. The molecule has 0 aromatic carbocycles. The fourth-order valence-corrected chi connectivity index (χ4v) is 10.8. The van der Waals surface area contributed by atoms with Crippen LogP contribution in [0, 0.1) is 51.8 Å². The number of nitrogens with one attached hydrogen (secondary N) is 1. The molecule has 30 heavy (non-hydrogen) atoms. The van der Waals surface area contributed by atoms with Crippen molar-refractivity contribution in [1.29, 1.82) is 0 Å². The van der Waals surface area contributed by atoms with Crippen molar-refractivity contribution in [3.05, 3.63) is 11.6 Å². The van der Waals surface area contributed by atoms with Crippen LogP contribution >= 0.6 is 0 Å². The quantitative estimate of drug-likeness (QED) is 0.404. The molecule has 9 atom stereocenters. The first-order valence-electron chi connectivity index (χ1n) is 13.5. The first-order chi connectivity index (χ1) is 14.0. The van der Waals surface area contributed by atoms with Crippen molar-refractivity contribution in [2.24, 2.45) is 51.8 Å². The zero-order valence-electron chi connectivity index (χ0n) is 21.1. The Morgan fingerprint density at radius 2 is 1.60 bits per heavy atom. The molecule has 1 N–H and O–H groups in total. The predicted molar refractivity (Wildman–Crippen MR) is 128 cm³/mol. The van der Waals surface area contributed by atoms with Crippen LogP contribution in [-0.2, 0) is 0 Å². The molecular formula is C29H49N. The lowest BCUT2D eigenvalue weighted by molar-refractivity contribution is -0.217. The van der Waals surface area contributed by atoms with Crippen molar-refractivity contribution in [1.82, 2.24) is 5.32 Å². The second kappa shape index (κ2) is 6.85. The van der Waals surface area contributed by atoms with Gasteiger partial charge in [0.2, 0.25) is 0 Å². The lowest BCUT2D eigenvalue weighted by atomic mass is 9.34. The van der Waals surface area contributed by atoms with Crippen LogP contribution in [0.5, 0.6) is 0 Å². The molecule has 0 spiro atoms. The third kappa shape index (κ3) is 2.69. The summed E-state index contributed by atoms with van der Waals surface area (Å²) in [6, 6.07) is 0. The Morgan fingerprint density at radius 3 is 2.37 bits per heavy atom. The number of allylic oxidation sites excluding steroid dienone is 2. The van der Waals surface area contributed by atoms with Gasteiger partial charge in [0.1, 0.15) is 0 Å². The summed E-state index contributed by atoms with van der Waals surface area (Å²) < 4.78 is 0. The molecule has 4 fully saturated rings. The number of hydrogen-bond donors (Lipinski definition) is 1. The lowest BCUT2D eigenvalue weighted by Crippen LogP contribution is -2.65. The van der Waals surface area contributed by atoms with E-state index < -0.39 is 0 Å². The molecular weight excluding hydrogens is 362 g/mol. The van der Waals surface area contributed by atoms with Crippen LogP contribution in [0.15, 0.2) is 11.6 Å². The second-order valence-corrected chi connectivity index (χ2v) is 13.8. The van der Waals surface area contributed by atoms with E-state index in [4.69, 9.17) is 0 Å². The van der Waals surface area contributed by atoms with Gasteiger partial charge in [-0.2, -0.15) is 0 Å². The molecule has 0 aromatic rings. The number of hydrogen-bond acceptors (Lipinski definition) is 1. The van der Waals surface area contributed by atoms with Gasteiger partial charge in [-0.05, 0) is 137 Å². The zero-order chi connectivity index (χ0) is 21.5. The van der Waals surface area contributed by atoms with E-state index in [0.29, 0.717) is 21.8 Å². The van der Waals surface area contributed by atoms with E-state index in [2.05, 4.69) is 59.9 Å². The fraction of sp³-hybridized carbons (Fsp3) is 0.931. The minimum absolute atomic E-state index is 0.293. The van der Waals surface area contributed by atoms with E-state index in [1.54, 1.807) is 5.57 Å². The van der Waals surface area contributed by atoms with Crippen LogP contribution in [0.4, 0.5) is 0 Å². The summed E-state index contributed by atoms with van der Waals surface area (Å²) in [4.78, 5) is 0. The SMILES string of the molecule is CC1=CC[C@@H]2CC[C@]3(C)[C@H](CC[C@@H]4[C@@]5(C)CCCNC(C)(C)[C@@H]5CC[C@]43C)[C@H]2[C@@H]1C. The van der Waals surface area contributed by atoms with Gasteiger partial charge in [0.05, 0.1) is 0 Å². The summed E-state index contributed by atoms with van der Waals surface area (Å²) in [5.41, 5.74) is 3.57. The van der Waals surface area contributed by atoms with Crippen molar-refractivity contribution in [3.63, 3.8) is 0 Å². The number of rotatable bonds is 0. The molecule has 1 saturated heterocycles. The molecule has 0 bridgehead atoms. The van der Waals surface area contributed by atoms with Gasteiger partial charge in [-0.15, -0.1) is 0 Å². The van der Waals surface area contributed by atoms with E-state index in [0.717, 1.165) is 35.5 Å². The smallest absolute Gasteiger partial charge is 0.0158 e. The van der Waals surface area contributed by atoms with Crippen LogP contribution in [0.2, 0.25) is 0 Å². The summed E-state index contributed by atoms with van der Waals surface area (Å²) in [5, 5.41) is 3.96. The third-order valence-electron chi connectivity index (χ3n) is 12.6. The molecule has 170 valence electrons. The number of fused-ring (bicyclic) bond motifs is 7. The van der Waals surface area contributed by atoms with Crippen molar-refractivity contribution in [2.45, 2.75) is 112 Å². The minimum atomic E-state index is 0.293. The Morgan fingerprint density at radius 1 is 0.867 bits per heavy atom. The van der Waals surface area contributed by atoms with Gasteiger partial charge in [0.15, 0.2) is 0 Å². The maximum Gasteiger partial charge on any atom is 0.0158 e. The zero-order valence-corrected chi connectivity index (χ0v) is 21.1. The maximum atomic E-state index is 3.96. The Balaban J connectivity index is 1.54. The molecule has 0 radical (unpaired) electrons. The summed E-state index contributed by atoms with van der Waals surface area (Å²) in [7, 11) is 0. The Hall–Kier alpha value is -0.300. The Bertz CT molecular complexity index is 720. The van der Waals surface area contributed by atoms with E-state index in [1.807, 2.05) is 0 Å². The summed E-state index contributed by atoms with van der Waals surface area (Å²) in [6.45, 7) is 19.5. The summed E-state index contributed by atoms with van der Waals surface area (Å²) in [5.74, 6) is 5.42. The maximum absolute atomic E-state index is 3.96. The molecule has 0 aromatic heterocycles. The second-order valence-electron chi connectivity index (χ2n) is 13.8. The minimum Gasteiger partial charge on any atom is -0.311 e. The van der Waals surface area contributed by atoms with Crippen molar-refractivity contribution < 1.29 is 0 Å². The predicted octanol–water partition coefficient (Wildman–Crippen LogP) is 7.62. The molecule has 1 heterocycles. The topological polar surface area (TPSA) is 12.0 Å². The Labute approximate surface area is 187 Å². The first-order valence-corrected chi connectivity index (χ1v) is 13.5. The van der Waals surface area contributed by atoms with Gasteiger partial charge in [0, 0.05) is 5.54 Å². The van der Waals surface area contributed by atoms with Crippen LogP contribution in [0.3, 0.4) is 0 Å². The highest BCUT2D eigenvalue weighted by Crippen LogP contribution is 2.74. The van der Waals surface area contributed by atoms with Crippen LogP contribution in [0.1, 0.15) is 106 Å².